The van der Waals surface area contributed by atoms with Gasteiger partial charge in [-0.15, -0.1) is 0 Å². The fourth-order valence-electron chi connectivity index (χ4n) is 2.43. The number of hydrogen-bond acceptors (Lipinski definition) is 5. The molecule has 0 spiro atoms. The summed E-state index contributed by atoms with van der Waals surface area (Å²) in [5, 5.41) is 5.19. The van der Waals surface area contributed by atoms with E-state index in [9.17, 15) is 14.4 Å². The maximum atomic E-state index is 12.0. The third-order valence-corrected chi connectivity index (χ3v) is 4.21. The van der Waals surface area contributed by atoms with Gasteiger partial charge in [-0.05, 0) is 35.5 Å². The molecule has 0 saturated heterocycles. The zero-order chi connectivity index (χ0) is 21.8. The van der Waals surface area contributed by atoms with Crippen LogP contribution in [-0.2, 0) is 27.3 Å². The van der Waals surface area contributed by atoms with Crippen LogP contribution in [0.4, 0.5) is 0 Å². The lowest BCUT2D eigenvalue weighted by Gasteiger charge is -2.11. The van der Waals surface area contributed by atoms with Gasteiger partial charge in [0.2, 0.25) is 17.7 Å². The number of nitrogens with one attached hydrogen (secondary N) is 4. The molecule has 8 nitrogen and oxygen atoms in total. The highest BCUT2D eigenvalue weighted by molar-refractivity contribution is 7.80. The molecule has 0 aliphatic rings. The van der Waals surface area contributed by atoms with Crippen LogP contribution in [0.2, 0.25) is 0 Å². The molecule has 9 heteroatoms. The van der Waals surface area contributed by atoms with Crippen molar-refractivity contribution in [3.05, 3.63) is 65.7 Å². The van der Waals surface area contributed by atoms with Gasteiger partial charge >= 0.3 is 0 Å². The zero-order valence-corrected chi connectivity index (χ0v) is 17.4. The van der Waals surface area contributed by atoms with Crippen molar-refractivity contribution in [2.45, 2.75) is 25.8 Å². The maximum absolute atomic E-state index is 12.0. The molecule has 0 fully saturated rings. The Morgan fingerprint density at radius 1 is 0.833 bits per heavy atom. The van der Waals surface area contributed by atoms with Crippen LogP contribution < -0.4 is 26.2 Å². The van der Waals surface area contributed by atoms with Crippen LogP contribution in [-0.4, -0.2) is 29.9 Å². The molecule has 2 aromatic carbocycles. The smallest absolute Gasteiger partial charge is 0.238 e. The molecule has 0 aliphatic heterocycles. The summed E-state index contributed by atoms with van der Waals surface area (Å²) >= 11 is 4.98. The lowest BCUT2D eigenvalue weighted by molar-refractivity contribution is -0.126. The first kappa shape index (κ1) is 22.8. The molecular formula is C21H24N4O4S. The first-order chi connectivity index (χ1) is 14.5. The predicted molar refractivity (Wildman–Crippen MR) is 116 cm³/mol. The third kappa shape index (κ3) is 8.70. The average molecular weight is 429 g/mol. The lowest BCUT2D eigenvalue weighted by atomic mass is 10.1. The molecule has 158 valence electrons. The van der Waals surface area contributed by atoms with E-state index < -0.39 is 5.91 Å². The lowest BCUT2D eigenvalue weighted by Crippen LogP contribution is -2.48. The summed E-state index contributed by atoms with van der Waals surface area (Å²) in [4.78, 5) is 35.6. The summed E-state index contributed by atoms with van der Waals surface area (Å²) in [6, 6.07) is 16.6. The second-order valence-corrected chi connectivity index (χ2v) is 6.75. The van der Waals surface area contributed by atoms with Crippen molar-refractivity contribution in [1.29, 1.82) is 0 Å². The molecular weight excluding hydrogens is 404 g/mol. The SMILES string of the molecule is COc1ccc(CC(=O)NC(=S)NNC(=O)CCC(=O)NCc2ccccc2)cc1. The highest BCUT2D eigenvalue weighted by Gasteiger charge is 2.09. The molecule has 2 aromatic rings. The Bertz CT molecular complexity index is 872. The van der Waals surface area contributed by atoms with Gasteiger partial charge in [0.05, 0.1) is 13.5 Å². The molecule has 0 aromatic heterocycles. The number of benzene rings is 2. The van der Waals surface area contributed by atoms with E-state index in [1.165, 1.54) is 0 Å². The molecule has 0 radical (unpaired) electrons. The maximum Gasteiger partial charge on any atom is 0.238 e. The van der Waals surface area contributed by atoms with Crippen molar-refractivity contribution >= 4 is 35.1 Å². The van der Waals surface area contributed by atoms with Crippen molar-refractivity contribution < 1.29 is 19.1 Å². The van der Waals surface area contributed by atoms with Gasteiger partial charge in [0.15, 0.2) is 5.11 Å². The van der Waals surface area contributed by atoms with Crippen molar-refractivity contribution in [2.24, 2.45) is 0 Å². The highest BCUT2D eigenvalue weighted by atomic mass is 32.1. The van der Waals surface area contributed by atoms with Crippen LogP contribution in [0.3, 0.4) is 0 Å². The molecule has 0 unspecified atom stereocenters. The van der Waals surface area contributed by atoms with Gasteiger partial charge in [-0.3, -0.25) is 25.2 Å². The van der Waals surface area contributed by atoms with Crippen LogP contribution in [0.1, 0.15) is 24.0 Å². The Labute approximate surface area is 180 Å². The second kappa shape index (κ2) is 12.2. The second-order valence-electron chi connectivity index (χ2n) is 6.34. The molecule has 0 aliphatic carbocycles. The van der Waals surface area contributed by atoms with Crippen LogP contribution in [0.25, 0.3) is 0 Å². The first-order valence-corrected chi connectivity index (χ1v) is 9.69. The molecule has 0 bridgehead atoms. The fraction of sp³-hybridized carbons (Fsp3) is 0.238. The monoisotopic (exact) mass is 428 g/mol. The molecule has 3 amide bonds. The van der Waals surface area contributed by atoms with E-state index >= 15 is 0 Å². The van der Waals surface area contributed by atoms with Gasteiger partial charge in [-0.2, -0.15) is 0 Å². The average Bonchev–Trinajstić information content (AvgIpc) is 2.76. The fourth-order valence-corrected chi connectivity index (χ4v) is 2.60. The van der Waals surface area contributed by atoms with Gasteiger partial charge in [0, 0.05) is 19.4 Å². The van der Waals surface area contributed by atoms with Gasteiger partial charge in [-0.25, -0.2) is 0 Å². The number of carbonyl (C=O) groups excluding carboxylic acids is 3. The molecule has 0 saturated carbocycles. The van der Waals surface area contributed by atoms with Crippen LogP contribution in [0.15, 0.2) is 54.6 Å². The van der Waals surface area contributed by atoms with Gasteiger partial charge in [0.1, 0.15) is 5.75 Å². The van der Waals surface area contributed by atoms with Gasteiger partial charge < -0.3 is 15.4 Å². The standard InChI is InChI=1S/C21H24N4O4S/c1-29-17-9-7-15(8-10-17)13-20(28)23-21(30)25-24-19(27)12-11-18(26)22-14-16-5-3-2-4-6-16/h2-10H,11-14H2,1H3,(H,22,26)(H,24,27)(H2,23,25,28,30). The minimum atomic E-state index is -0.420. The quantitative estimate of drug-likeness (QED) is 0.373. The number of ether oxygens (including phenoxy) is 1. The third-order valence-electron chi connectivity index (χ3n) is 4.00. The Hall–Kier alpha value is -3.46. The summed E-state index contributed by atoms with van der Waals surface area (Å²) in [5.41, 5.74) is 6.57. The van der Waals surface area contributed by atoms with Gasteiger partial charge in [-0.1, -0.05) is 42.5 Å². The number of carbonyl (C=O) groups is 3. The minimum Gasteiger partial charge on any atom is -0.497 e. The van der Waals surface area contributed by atoms with Crippen LogP contribution >= 0.6 is 12.2 Å². The van der Waals surface area contributed by atoms with E-state index in [1.807, 2.05) is 30.3 Å². The predicted octanol–water partition coefficient (Wildman–Crippen LogP) is 1.36. The summed E-state index contributed by atoms with van der Waals surface area (Å²) in [6.45, 7) is 0.407. The van der Waals surface area contributed by atoms with Crippen molar-refractivity contribution in [1.82, 2.24) is 21.5 Å². The molecule has 2 rings (SSSR count). The number of hydrogen-bond donors (Lipinski definition) is 4. The van der Waals surface area contributed by atoms with E-state index in [2.05, 4.69) is 21.5 Å². The van der Waals surface area contributed by atoms with Crippen LogP contribution in [0.5, 0.6) is 5.75 Å². The molecule has 0 heterocycles. The van der Waals surface area contributed by atoms with Crippen molar-refractivity contribution in [2.75, 3.05) is 7.11 Å². The van der Waals surface area contributed by atoms with E-state index in [0.717, 1.165) is 11.1 Å². The number of amides is 3. The first-order valence-electron chi connectivity index (χ1n) is 9.28. The Balaban J connectivity index is 1.60. The normalized spacial score (nSPS) is 9.90. The molecule has 0 atom stereocenters. The summed E-state index contributed by atoms with van der Waals surface area (Å²) in [7, 11) is 1.57. The van der Waals surface area contributed by atoms with E-state index in [1.54, 1.807) is 31.4 Å². The number of hydrazine groups is 1. The van der Waals surface area contributed by atoms with E-state index in [0.29, 0.717) is 12.3 Å². The Morgan fingerprint density at radius 3 is 2.17 bits per heavy atom. The summed E-state index contributed by atoms with van der Waals surface area (Å²) in [5.74, 6) is -0.277. The summed E-state index contributed by atoms with van der Waals surface area (Å²) < 4.78 is 5.06. The topological polar surface area (TPSA) is 109 Å². The molecule has 4 N–H and O–H groups in total. The Kier molecular flexibility index (Phi) is 9.26. The Morgan fingerprint density at radius 2 is 1.50 bits per heavy atom. The van der Waals surface area contributed by atoms with Gasteiger partial charge in [0.25, 0.3) is 0 Å². The number of rotatable bonds is 8. The summed E-state index contributed by atoms with van der Waals surface area (Å²) in [6.07, 6.45) is 0.147. The number of thiocarbonyl (C=S) groups is 1. The largest absolute Gasteiger partial charge is 0.497 e. The van der Waals surface area contributed by atoms with E-state index in [-0.39, 0.29) is 36.2 Å². The molecule has 30 heavy (non-hydrogen) atoms. The van der Waals surface area contributed by atoms with Crippen molar-refractivity contribution in [3.63, 3.8) is 0 Å². The minimum absolute atomic E-state index is 0.0178. The van der Waals surface area contributed by atoms with Crippen molar-refractivity contribution in [3.8, 4) is 5.75 Å². The van der Waals surface area contributed by atoms with Crippen LogP contribution in [0, 0.1) is 0 Å². The zero-order valence-electron chi connectivity index (χ0n) is 16.6. The number of methoxy groups -OCH3 is 1. The highest BCUT2D eigenvalue weighted by Crippen LogP contribution is 2.11. The van der Waals surface area contributed by atoms with E-state index in [4.69, 9.17) is 17.0 Å².